The van der Waals surface area contributed by atoms with Crippen LogP contribution in [0, 0.1) is 0 Å². The van der Waals surface area contributed by atoms with Gasteiger partial charge in [0.05, 0.1) is 18.3 Å². The molecule has 2 bridgehead atoms. The van der Waals surface area contributed by atoms with Crippen LogP contribution in [-0.4, -0.2) is 64.6 Å². The Bertz CT molecular complexity index is 334. The van der Waals surface area contributed by atoms with Gasteiger partial charge in [0.2, 0.25) is 0 Å². The number of carbonyl (C=O) groups excluding carboxylic acids is 1. The number of likely N-dealkylation sites (tertiary alicyclic amines) is 1. The van der Waals surface area contributed by atoms with Gasteiger partial charge in [0.25, 0.3) is 0 Å². The summed E-state index contributed by atoms with van der Waals surface area (Å²) in [7, 11) is 0. The summed E-state index contributed by atoms with van der Waals surface area (Å²) >= 11 is 0. The molecule has 102 valence electrons. The lowest BCUT2D eigenvalue weighted by atomic mass is 10.2. The second kappa shape index (κ2) is 5.11. The van der Waals surface area contributed by atoms with Gasteiger partial charge >= 0.3 is 12.0 Å². The zero-order valence-electron chi connectivity index (χ0n) is 10.2. The summed E-state index contributed by atoms with van der Waals surface area (Å²) in [5.74, 6) is -1.24. The van der Waals surface area contributed by atoms with Crippen LogP contribution < -0.4 is 5.32 Å². The van der Waals surface area contributed by atoms with E-state index in [1.807, 2.05) is 0 Å². The maximum atomic E-state index is 11.9. The quantitative estimate of drug-likeness (QED) is 0.627. The summed E-state index contributed by atoms with van der Waals surface area (Å²) in [6.45, 7) is 2.30. The summed E-state index contributed by atoms with van der Waals surface area (Å²) in [5.41, 5.74) is 0. The number of ether oxygens (including phenoxy) is 1. The molecule has 0 spiro atoms. The Labute approximate surface area is 105 Å². The molecule has 7 heteroatoms. The van der Waals surface area contributed by atoms with Crippen molar-refractivity contribution in [1.82, 2.24) is 10.2 Å². The van der Waals surface area contributed by atoms with Crippen molar-refractivity contribution in [3.05, 3.63) is 0 Å². The predicted octanol–water partition coefficient (Wildman–Crippen LogP) is -0.607. The summed E-state index contributed by atoms with van der Waals surface area (Å²) in [6, 6.07) is -1.73. The smallest absolute Gasteiger partial charge is 0.328 e. The van der Waals surface area contributed by atoms with E-state index >= 15 is 0 Å². The van der Waals surface area contributed by atoms with E-state index in [1.165, 1.54) is 6.92 Å². The van der Waals surface area contributed by atoms with Gasteiger partial charge in [-0.25, -0.2) is 9.59 Å². The molecule has 0 radical (unpaired) electrons. The van der Waals surface area contributed by atoms with Gasteiger partial charge in [-0.1, -0.05) is 0 Å². The van der Waals surface area contributed by atoms with Crippen LogP contribution in [0.1, 0.15) is 19.8 Å². The van der Waals surface area contributed by atoms with Crippen LogP contribution >= 0.6 is 0 Å². The minimum atomic E-state index is -1.28. The molecule has 0 aliphatic carbocycles. The first-order valence-electron chi connectivity index (χ1n) is 6.09. The van der Waals surface area contributed by atoms with Crippen LogP contribution in [0.15, 0.2) is 0 Å². The van der Waals surface area contributed by atoms with E-state index in [4.69, 9.17) is 9.84 Å². The van der Waals surface area contributed by atoms with Crippen LogP contribution in [-0.2, 0) is 9.53 Å². The molecular formula is C11H18N2O5. The van der Waals surface area contributed by atoms with Crippen LogP contribution in [0.2, 0.25) is 0 Å². The Balaban J connectivity index is 1.93. The van der Waals surface area contributed by atoms with Gasteiger partial charge in [-0.05, 0) is 19.8 Å². The van der Waals surface area contributed by atoms with Crippen molar-refractivity contribution in [3.8, 4) is 0 Å². The first-order chi connectivity index (χ1) is 8.47. The first kappa shape index (κ1) is 13.1. The molecule has 2 aliphatic heterocycles. The number of urea groups is 1. The molecule has 2 rings (SSSR count). The highest BCUT2D eigenvalue weighted by Gasteiger charge is 2.37. The van der Waals surface area contributed by atoms with E-state index in [0.717, 1.165) is 12.8 Å². The number of carboxylic acid groups (broad SMARTS) is 1. The summed E-state index contributed by atoms with van der Waals surface area (Å²) in [5, 5.41) is 20.5. The highest BCUT2D eigenvalue weighted by Crippen LogP contribution is 2.26. The number of aliphatic carboxylic acids is 1. The zero-order chi connectivity index (χ0) is 13.3. The number of aliphatic hydroxyl groups excluding tert-OH is 1. The fraction of sp³-hybridized carbons (Fsp3) is 0.818. The van der Waals surface area contributed by atoms with Crippen LogP contribution in [0.25, 0.3) is 0 Å². The van der Waals surface area contributed by atoms with Crippen molar-refractivity contribution in [2.75, 3.05) is 13.1 Å². The number of carboxylic acids is 1. The molecule has 0 aromatic carbocycles. The summed E-state index contributed by atoms with van der Waals surface area (Å²) < 4.78 is 5.59. The van der Waals surface area contributed by atoms with E-state index in [9.17, 15) is 14.7 Å². The molecular weight excluding hydrogens is 240 g/mol. The van der Waals surface area contributed by atoms with Crippen molar-refractivity contribution in [2.24, 2.45) is 0 Å². The third-order valence-corrected chi connectivity index (χ3v) is 3.36. The Morgan fingerprint density at radius 1 is 1.33 bits per heavy atom. The Morgan fingerprint density at radius 2 is 1.89 bits per heavy atom. The minimum Gasteiger partial charge on any atom is -0.480 e. The lowest BCUT2D eigenvalue weighted by Crippen LogP contribution is -2.56. The molecule has 2 unspecified atom stereocenters. The van der Waals surface area contributed by atoms with Crippen molar-refractivity contribution in [2.45, 2.75) is 44.1 Å². The van der Waals surface area contributed by atoms with Crippen molar-refractivity contribution in [3.63, 3.8) is 0 Å². The number of rotatable bonds is 3. The molecule has 2 fully saturated rings. The highest BCUT2D eigenvalue weighted by molar-refractivity contribution is 5.83. The molecule has 0 aromatic heterocycles. The SMILES string of the molecule is C[C@@H](O)[C@H](NC(=O)N1CC2CCC(C1)O2)C(=O)O. The minimum absolute atomic E-state index is 0.0596. The van der Waals surface area contributed by atoms with Gasteiger partial charge in [0.1, 0.15) is 0 Å². The molecule has 0 saturated carbocycles. The average Bonchev–Trinajstić information content (AvgIpc) is 2.63. The largest absolute Gasteiger partial charge is 0.480 e. The number of hydrogen-bond donors (Lipinski definition) is 3. The van der Waals surface area contributed by atoms with E-state index in [-0.39, 0.29) is 12.2 Å². The fourth-order valence-corrected chi connectivity index (χ4v) is 2.39. The second-order valence-corrected chi connectivity index (χ2v) is 4.87. The maximum Gasteiger partial charge on any atom is 0.328 e. The van der Waals surface area contributed by atoms with E-state index in [0.29, 0.717) is 13.1 Å². The lowest BCUT2D eigenvalue weighted by molar-refractivity contribution is -0.141. The number of fused-ring (bicyclic) bond motifs is 2. The van der Waals surface area contributed by atoms with Gasteiger partial charge in [0.15, 0.2) is 6.04 Å². The molecule has 3 N–H and O–H groups in total. The third kappa shape index (κ3) is 2.73. The molecule has 7 nitrogen and oxygen atoms in total. The van der Waals surface area contributed by atoms with Gasteiger partial charge in [-0.15, -0.1) is 0 Å². The zero-order valence-corrected chi connectivity index (χ0v) is 10.2. The Morgan fingerprint density at radius 3 is 2.33 bits per heavy atom. The van der Waals surface area contributed by atoms with Crippen molar-refractivity contribution >= 4 is 12.0 Å². The molecule has 0 aromatic rings. The monoisotopic (exact) mass is 258 g/mol. The number of morpholine rings is 1. The fourth-order valence-electron chi connectivity index (χ4n) is 2.39. The average molecular weight is 258 g/mol. The first-order valence-corrected chi connectivity index (χ1v) is 6.09. The number of carbonyl (C=O) groups is 2. The molecule has 18 heavy (non-hydrogen) atoms. The standard InChI is InChI=1S/C11H18N2O5/c1-6(14)9(10(15)16)12-11(17)13-4-7-2-3-8(5-13)18-7/h6-9,14H,2-5H2,1H3,(H,12,17)(H,15,16)/t6-,7?,8?,9+/m1/s1. The second-order valence-electron chi connectivity index (χ2n) is 4.87. The van der Waals surface area contributed by atoms with Gasteiger partial charge < -0.3 is 25.2 Å². The molecule has 2 amide bonds. The Hall–Kier alpha value is -1.34. The molecule has 4 atom stereocenters. The van der Waals surface area contributed by atoms with E-state index in [1.54, 1.807) is 4.90 Å². The number of amides is 2. The molecule has 2 heterocycles. The number of nitrogens with zero attached hydrogens (tertiary/aromatic N) is 1. The van der Waals surface area contributed by atoms with Crippen LogP contribution in [0.3, 0.4) is 0 Å². The van der Waals surface area contributed by atoms with Gasteiger partial charge in [-0.2, -0.15) is 0 Å². The van der Waals surface area contributed by atoms with Crippen molar-refractivity contribution < 1.29 is 24.5 Å². The number of aliphatic hydroxyl groups is 1. The van der Waals surface area contributed by atoms with E-state index < -0.39 is 24.1 Å². The molecule has 2 saturated heterocycles. The topological polar surface area (TPSA) is 99.1 Å². The molecule has 2 aliphatic rings. The van der Waals surface area contributed by atoms with Gasteiger partial charge in [0, 0.05) is 13.1 Å². The third-order valence-electron chi connectivity index (χ3n) is 3.36. The van der Waals surface area contributed by atoms with E-state index in [2.05, 4.69) is 5.32 Å². The maximum absolute atomic E-state index is 11.9. The number of nitrogens with one attached hydrogen (secondary N) is 1. The predicted molar refractivity (Wildman–Crippen MR) is 61.1 cm³/mol. The highest BCUT2D eigenvalue weighted by atomic mass is 16.5. The van der Waals surface area contributed by atoms with Crippen molar-refractivity contribution in [1.29, 1.82) is 0 Å². The normalized spacial score (nSPS) is 29.8. The number of hydrogen-bond acceptors (Lipinski definition) is 4. The summed E-state index contributed by atoms with van der Waals surface area (Å²) in [4.78, 5) is 24.4. The lowest BCUT2D eigenvalue weighted by Gasteiger charge is -2.33. The van der Waals surface area contributed by atoms with Crippen LogP contribution in [0.5, 0.6) is 0 Å². The Kier molecular flexibility index (Phi) is 3.72. The summed E-state index contributed by atoms with van der Waals surface area (Å²) in [6.07, 6.45) is 0.860. The van der Waals surface area contributed by atoms with Crippen LogP contribution in [0.4, 0.5) is 4.79 Å². The van der Waals surface area contributed by atoms with Gasteiger partial charge in [-0.3, -0.25) is 0 Å².